The number of aryl methyl sites for hydroxylation is 3. The first-order valence-electron chi connectivity index (χ1n) is 6.43. The summed E-state index contributed by atoms with van der Waals surface area (Å²) in [6.45, 7) is 5.91. The first kappa shape index (κ1) is 14.1. The summed E-state index contributed by atoms with van der Waals surface area (Å²) in [5.74, 6) is -0.224. The zero-order valence-corrected chi connectivity index (χ0v) is 12.2. The molecule has 0 radical (unpaired) electrons. The molecule has 0 aromatic heterocycles. The maximum absolute atomic E-state index is 11.4. The van der Waals surface area contributed by atoms with Crippen LogP contribution in [0.4, 0.5) is 0 Å². The van der Waals surface area contributed by atoms with Gasteiger partial charge in [-0.05, 0) is 44.0 Å². The summed E-state index contributed by atoms with van der Waals surface area (Å²) in [6.07, 6.45) is 0. The van der Waals surface area contributed by atoms with E-state index in [1.54, 1.807) is 13.2 Å². The summed E-state index contributed by atoms with van der Waals surface area (Å²) >= 11 is 0. The second-order valence-corrected chi connectivity index (χ2v) is 5.01. The zero-order valence-electron chi connectivity index (χ0n) is 12.2. The quantitative estimate of drug-likeness (QED) is 0.917. The van der Waals surface area contributed by atoms with Gasteiger partial charge in [-0.25, -0.2) is 4.79 Å². The van der Waals surface area contributed by atoms with Crippen molar-refractivity contribution in [2.75, 3.05) is 7.11 Å². The summed E-state index contributed by atoms with van der Waals surface area (Å²) in [7, 11) is 1.61. The van der Waals surface area contributed by atoms with Crippen molar-refractivity contribution in [1.29, 1.82) is 0 Å². The number of hydrogen-bond acceptors (Lipinski definition) is 2. The zero-order chi connectivity index (χ0) is 14.9. The van der Waals surface area contributed by atoms with Gasteiger partial charge in [0.15, 0.2) is 0 Å². The van der Waals surface area contributed by atoms with Crippen LogP contribution in [0.25, 0.3) is 11.1 Å². The van der Waals surface area contributed by atoms with E-state index in [0.717, 1.165) is 22.3 Å². The molecular weight excluding hydrogens is 252 g/mol. The Bertz CT molecular complexity index is 672. The van der Waals surface area contributed by atoms with Gasteiger partial charge in [0.1, 0.15) is 5.75 Å². The molecule has 2 aromatic rings. The van der Waals surface area contributed by atoms with Gasteiger partial charge in [-0.3, -0.25) is 0 Å². The highest BCUT2D eigenvalue weighted by atomic mass is 16.5. The lowest BCUT2D eigenvalue weighted by Crippen LogP contribution is -2.02. The molecule has 1 N–H and O–H groups in total. The van der Waals surface area contributed by atoms with Crippen LogP contribution in [-0.4, -0.2) is 18.2 Å². The lowest BCUT2D eigenvalue weighted by atomic mass is 9.92. The molecule has 0 aliphatic heterocycles. The Kier molecular flexibility index (Phi) is 3.79. The Morgan fingerprint density at radius 3 is 2.35 bits per heavy atom. The molecule has 2 rings (SSSR count). The largest absolute Gasteiger partial charge is 0.496 e. The summed E-state index contributed by atoms with van der Waals surface area (Å²) in [5.41, 5.74) is 4.96. The third kappa shape index (κ3) is 2.52. The smallest absolute Gasteiger partial charge is 0.336 e. The lowest BCUT2D eigenvalue weighted by Gasteiger charge is -2.15. The van der Waals surface area contributed by atoms with E-state index in [4.69, 9.17) is 4.74 Å². The van der Waals surface area contributed by atoms with Crippen LogP contribution >= 0.6 is 0 Å². The van der Waals surface area contributed by atoms with Gasteiger partial charge in [-0.2, -0.15) is 0 Å². The van der Waals surface area contributed by atoms with Gasteiger partial charge in [-0.15, -0.1) is 0 Å². The maximum atomic E-state index is 11.4. The number of hydrogen-bond donors (Lipinski definition) is 1. The molecule has 0 saturated carbocycles. The monoisotopic (exact) mass is 270 g/mol. The molecular formula is C17H18O3. The van der Waals surface area contributed by atoms with Gasteiger partial charge in [0.25, 0.3) is 0 Å². The summed E-state index contributed by atoms with van der Waals surface area (Å²) in [6, 6.07) is 9.31. The van der Waals surface area contributed by atoms with Gasteiger partial charge in [0.2, 0.25) is 0 Å². The highest BCUT2D eigenvalue weighted by Crippen LogP contribution is 2.36. The standard InChI is InChI=1S/C17H18O3/c1-10-5-6-13(17(18)19)14(8-10)16-12(3)7-11(2)9-15(16)20-4/h5-9H,1-4H3,(H,18,19). The Hall–Kier alpha value is -2.29. The van der Waals surface area contributed by atoms with Crippen molar-refractivity contribution in [3.63, 3.8) is 0 Å². The molecule has 2 aromatic carbocycles. The van der Waals surface area contributed by atoms with Gasteiger partial charge < -0.3 is 9.84 Å². The number of rotatable bonds is 3. The summed E-state index contributed by atoms with van der Waals surface area (Å²) < 4.78 is 5.44. The highest BCUT2D eigenvalue weighted by Gasteiger charge is 2.17. The summed E-state index contributed by atoms with van der Waals surface area (Å²) in [5, 5.41) is 9.39. The van der Waals surface area contributed by atoms with E-state index in [0.29, 0.717) is 16.9 Å². The number of carboxylic acid groups (broad SMARTS) is 1. The minimum atomic E-state index is -0.929. The van der Waals surface area contributed by atoms with E-state index in [1.807, 2.05) is 45.0 Å². The summed E-state index contributed by atoms with van der Waals surface area (Å²) in [4.78, 5) is 11.4. The van der Waals surface area contributed by atoms with Gasteiger partial charge in [0, 0.05) is 11.1 Å². The molecule has 0 aliphatic rings. The average Bonchev–Trinajstić information content (AvgIpc) is 2.37. The van der Waals surface area contributed by atoms with Crippen LogP contribution in [0, 0.1) is 20.8 Å². The van der Waals surface area contributed by atoms with Crippen molar-refractivity contribution in [3.8, 4) is 16.9 Å². The third-order valence-electron chi connectivity index (χ3n) is 3.34. The maximum Gasteiger partial charge on any atom is 0.336 e. The lowest BCUT2D eigenvalue weighted by molar-refractivity contribution is 0.0698. The number of carbonyl (C=O) groups is 1. The highest BCUT2D eigenvalue weighted by molar-refractivity contribution is 5.97. The first-order chi connectivity index (χ1) is 9.43. The minimum Gasteiger partial charge on any atom is -0.496 e. The molecule has 104 valence electrons. The number of aromatic carboxylic acids is 1. The van der Waals surface area contributed by atoms with Crippen LogP contribution in [0.15, 0.2) is 30.3 Å². The van der Waals surface area contributed by atoms with Crippen molar-refractivity contribution in [1.82, 2.24) is 0 Å². The van der Waals surface area contributed by atoms with Crippen molar-refractivity contribution in [2.45, 2.75) is 20.8 Å². The molecule has 0 spiro atoms. The second kappa shape index (κ2) is 5.37. The second-order valence-electron chi connectivity index (χ2n) is 5.01. The molecule has 3 heteroatoms. The van der Waals surface area contributed by atoms with Crippen LogP contribution in [0.3, 0.4) is 0 Å². The molecule has 0 aliphatic carbocycles. The number of carboxylic acids is 1. The Morgan fingerprint density at radius 1 is 1.05 bits per heavy atom. The van der Waals surface area contributed by atoms with Crippen LogP contribution < -0.4 is 4.74 Å². The van der Waals surface area contributed by atoms with Crippen molar-refractivity contribution >= 4 is 5.97 Å². The van der Waals surface area contributed by atoms with Crippen LogP contribution in [-0.2, 0) is 0 Å². The molecule has 3 nitrogen and oxygen atoms in total. The van der Waals surface area contributed by atoms with E-state index in [-0.39, 0.29) is 0 Å². The predicted molar refractivity (Wildman–Crippen MR) is 79.6 cm³/mol. The SMILES string of the molecule is COc1cc(C)cc(C)c1-c1cc(C)ccc1C(=O)O. The van der Waals surface area contributed by atoms with Crippen LogP contribution in [0.1, 0.15) is 27.0 Å². The molecule has 0 unspecified atom stereocenters. The third-order valence-corrected chi connectivity index (χ3v) is 3.34. The Labute approximate surface area is 118 Å². The molecule has 0 atom stereocenters. The van der Waals surface area contributed by atoms with Crippen molar-refractivity contribution in [2.24, 2.45) is 0 Å². The molecule has 20 heavy (non-hydrogen) atoms. The Morgan fingerprint density at radius 2 is 1.75 bits per heavy atom. The number of methoxy groups -OCH3 is 1. The van der Waals surface area contributed by atoms with Crippen LogP contribution in [0.2, 0.25) is 0 Å². The Balaban J connectivity index is 2.80. The van der Waals surface area contributed by atoms with Gasteiger partial charge in [0.05, 0.1) is 12.7 Å². The fourth-order valence-corrected chi connectivity index (χ4v) is 2.49. The van der Waals surface area contributed by atoms with E-state index < -0.39 is 5.97 Å². The predicted octanol–water partition coefficient (Wildman–Crippen LogP) is 3.99. The average molecular weight is 270 g/mol. The van der Waals surface area contributed by atoms with Crippen molar-refractivity contribution in [3.05, 3.63) is 52.6 Å². The number of benzene rings is 2. The molecule has 0 fully saturated rings. The van der Waals surface area contributed by atoms with E-state index >= 15 is 0 Å². The first-order valence-corrected chi connectivity index (χ1v) is 6.43. The molecule has 0 bridgehead atoms. The topological polar surface area (TPSA) is 46.5 Å². The molecule has 0 heterocycles. The minimum absolute atomic E-state index is 0.292. The normalized spacial score (nSPS) is 10.4. The van der Waals surface area contributed by atoms with Crippen LogP contribution in [0.5, 0.6) is 5.75 Å². The number of ether oxygens (including phenoxy) is 1. The fourth-order valence-electron chi connectivity index (χ4n) is 2.49. The van der Waals surface area contributed by atoms with E-state index in [9.17, 15) is 9.90 Å². The van der Waals surface area contributed by atoms with Gasteiger partial charge >= 0.3 is 5.97 Å². The van der Waals surface area contributed by atoms with E-state index in [1.165, 1.54) is 0 Å². The fraction of sp³-hybridized carbons (Fsp3) is 0.235. The van der Waals surface area contributed by atoms with E-state index in [2.05, 4.69) is 0 Å². The van der Waals surface area contributed by atoms with Crippen molar-refractivity contribution < 1.29 is 14.6 Å². The van der Waals surface area contributed by atoms with Gasteiger partial charge in [-0.1, -0.05) is 23.8 Å². The molecule has 0 amide bonds. The molecule has 0 saturated heterocycles.